The molecule has 0 spiro atoms. The SMILES string of the molecule is COC(=O)C1COCCN1c1cc(SC)ncn1. The van der Waals surface area contributed by atoms with Crippen molar-refractivity contribution in [1.29, 1.82) is 0 Å². The third-order valence-corrected chi connectivity index (χ3v) is 3.37. The van der Waals surface area contributed by atoms with E-state index in [0.29, 0.717) is 19.8 Å². The maximum atomic E-state index is 11.7. The van der Waals surface area contributed by atoms with Gasteiger partial charge in [-0.3, -0.25) is 0 Å². The Bertz CT molecular complexity index is 430. The molecule has 1 atom stereocenters. The molecule has 0 aliphatic carbocycles. The van der Waals surface area contributed by atoms with Crippen LogP contribution in [0.15, 0.2) is 17.4 Å². The highest BCUT2D eigenvalue weighted by atomic mass is 32.2. The molecule has 0 amide bonds. The van der Waals surface area contributed by atoms with Gasteiger partial charge in [0.05, 0.1) is 20.3 Å². The first-order valence-corrected chi connectivity index (χ1v) is 6.77. The van der Waals surface area contributed by atoms with Gasteiger partial charge in [-0.25, -0.2) is 14.8 Å². The highest BCUT2D eigenvalue weighted by molar-refractivity contribution is 7.98. The van der Waals surface area contributed by atoms with E-state index in [2.05, 4.69) is 9.97 Å². The van der Waals surface area contributed by atoms with E-state index in [1.807, 2.05) is 17.2 Å². The molecule has 0 bridgehead atoms. The number of morpholine rings is 1. The van der Waals surface area contributed by atoms with Crippen LogP contribution >= 0.6 is 11.8 Å². The summed E-state index contributed by atoms with van der Waals surface area (Å²) < 4.78 is 10.1. The Labute approximate surface area is 110 Å². The number of carbonyl (C=O) groups is 1. The van der Waals surface area contributed by atoms with Gasteiger partial charge in [0.1, 0.15) is 17.2 Å². The average molecular weight is 269 g/mol. The molecule has 0 N–H and O–H groups in total. The summed E-state index contributed by atoms with van der Waals surface area (Å²) in [5.74, 6) is 0.423. The highest BCUT2D eigenvalue weighted by Gasteiger charge is 2.31. The molecular formula is C11H15N3O3S. The van der Waals surface area contributed by atoms with Crippen LogP contribution in [0.1, 0.15) is 0 Å². The van der Waals surface area contributed by atoms with Gasteiger partial charge in [-0.15, -0.1) is 11.8 Å². The topological polar surface area (TPSA) is 64.6 Å². The Morgan fingerprint density at radius 3 is 3.17 bits per heavy atom. The van der Waals surface area contributed by atoms with E-state index in [4.69, 9.17) is 9.47 Å². The number of methoxy groups -OCH3 is 1. The lowest BCUT2D eigenvalue weighted by atomic mass is 10.2. The molecule has 1 saturated heterocycles. The summed E-state index contributed by atoms with van der Waals surface area (Å²) in [6.07, 6.45) is 3.45. The van der Waals surface area contributed by atoms with Gasteiger partial charge in [-0.05, 0) is 6.26 Å². The first-order valence-electron chi connectivity index (χ1n) is 5.54. The summed E-state index contributed by atoms with van der Waals surface area (Å²) in [5.41, 5.74) is 0. The fourth-order valence-corrected chi connectivity index (χ4v) is 2.18. The summed E-state index contributed by atoms with van der Waals surface area (Å²) in [7, 11) is 1.38. The second-order valence-electron chi connectivity index (χ2n) is 3.73. The quantitative estimate of drug-likeness (QED) is 0.451. The number of hydrogen-bond acceptors (Lipinski definition) is 7. The molecule has 0 aromatic carbocycles. The van der Waals surface area contributed by atoms with Gasteiger partial charge < -0.3 is 14.4 Å². The third-order valence-electron chi connectivity index (χ3n) is 2.73. The molecule has 1 aliphatic rings. The first-order chi connectivity index (χ1) is 8.76. The Morgan fingerprint density at radius 1 is 1.61 bits per heavy atom. The maximum absolute atomic E-state index is 11.7. The Hall–Kier alpha value is -1.34. The Kier molecular flexibility index (Phi) is 4.38. The number of nitrogens with zero attached hydrogens (tertiary/aromatic N) is 3. The second kappa shape index (κ2) is 6.01. The van der Waals surface area contributed by atoms with Crippen LogP contribution in [0.4, 0.5) is 5.82 Å². The van der Waals surface area contributed by atoms with E-state index in [1.165, 1.54) is 25.2 Å². The summed E-state index contributed by atoms with van der Waals surface area (Å²) in [5, 5.41) is 0.870. The van der Waals surface area contributed by atoms with Gasteiger partial charge in [0.2, 0.25) is 0 Å². The zero-order chi connectivity index (χ0) is 13.0. The number of aromatic nitrogens is 2. The van der Waals surface area contributed by atoms with Gasteiger partial charge in [0.25, 0.3) is 0 Å². The van der Waals surface area contributed by atoms with Gasteiger partial charge in [0.15, 0.2) is 6.04 Å². The molecule has 1 aliphatic heterocycles. The smallest absolute Gasteiger partial charge is 0.330 e. The van der Waals surface area contributed by atoms with Crippen LogP contribution in [0.2, 0.25) is 0 Å². The molecule has 1 fully saturated rings. The highest BCUT2D eigenvalue weighted by Crippen LogP contribution is 2.21. The van der Waals surface area contributed by atoms with Crippen molar-refractivity contribution < 1.29 is 14.3 Å². The van der Waals surface area contributed by atoms with Crippen LogP contribution in [0.5, 0.6) is 0 Å². The van der Waals surface area contributed by atoms with Gasteiger partial charge in [0, 0.05) is 12.6 Å². The molecule has 0 saturated carbocycles. The predicted molar refractivity (Wildman–Crippen MR) is 67.8 cm³/mol. The Balaban J connectivity index is 2.24. The van der Waals surface area contributed by atoms with Crippen molar-refractivity contribution in [3.05, 3.63) is 12.4 Å². The predicted octanol–water partition coefficient (Wildman–Crippen LogP) is 0.577. The maximum Gasteiger partial charge on any atom is 0.330 e. The second-order valence-corrected chi connectivity index (χ2v) is 4.55. The van der Waals surface area contributed by atoms with Gasteiger partial charge >= 0.3 is 5.97 Å². The molecule has 6 nitrogen and oxygen atoms in total. The number of anilines is 1. The molecule has 1 aromatic rings. The monoisotopic (exact) mass is 269 g/mol. The zero-order valence-corrected chi connectivity index (χ0v) is 11.1. The minimum atomic E-state index is -0.437. The number of carbonyl (C=O) groups excluding carboxylic acids is 1. The fraction of sp³-hybridized carbons (Fsp3) is 0.545. The van der Waals surface area contributed by atoms with Crippen molar-refractivity contribution in [1.82, 2.24) is 9.97 Å². The van der Waals surface area contributed by atoms with E-state index >= 15 is 0 Å². The largest absolute Gasteiger partial charge is 0.467 e. The van der Waals surface area contributed by atoms with E-state index in [9.17, 15) is 4.79 Å². The van der Waals surface area contributed by atoms with Crippen LogP contribution < -0.4 is 4.90 Å². The number of thioether (sulfide) groups is 1. The van der Waals surface area contributed by atoms with Crippen LogP contribution in [0.3, 0.4) is 0 Å². The molecule has 0 radical (unpaired) electrons. The lowest BCUT2D eigenvalue weighted by molar-refractivity contribution is -0.144. The van der Waals surface area contributed by atoms with Gasteiger partial charge in [-0.2, -0.15) is 0 Å². The lowest BCUT2D eigenvalue weighted by Gasteiger charge is -2.34. The number of ether oxygens (including phenoxy) is 2. The third kappa shape index (κ3) is 2.73. The van der Waals surface area contributed by atoms with Crippen LogP contribution in [-0.4, -0.2) is 55.1 Å². The molecule has 1 aromatic heterocycles. The van der Waals surface area contributed by atoms with Crippen molar-refractivity contribution in [3.63, 3.8) is 0 Å². The molecule has 98 valence electrons. The van der Waals surface area contributed by atoms with Crippen LogP contribution in [0.25, 0.3) is 0 Å². The fourth-order valence-electron chi connectivity index (χ4n) is 1.81. The molecule has 7 heteroatoms. The number of hydrogen-bond donors (Lipinski definition) is 0. The average Bonchev–Trinajstić information content (AvgIpc) is 2.46. The van der Waals surface area contributed by atoms with Crippen LogP contribution in [-0.2, 0) is 14.3 Å². The van der Waals surface area contributed by atoms with E-state index in [1.54, 1.807) is 0 Å². The normalized spacial score (nSPS) is 19.7. The van der Waals surface area contributed by atoms with E-state index in [0.717, 1.165) is 10.8 Å². The first kappa shape index (κ1) is 13.1. The number of esters is 1. The van der Waals surface area contributed by atoms with Crippen molar-refractivity contribution in [2.45, 2.75) is 11.1 Å². The molecular weight excluding hydrogens is 254 g/mol. The Morgan fingerprint density at radius 2 is 2.44 bits per heavy atom. The van der Waals surface area contributed by atoms with Crippen molar-refractivity contribution in [3.8, 4) is 0 Å². The minimum Gasteiger partial charge on any atom is -0.467 e. The standard InChI is InChI=1S/C11H15N3O3S/c1-16-11(15)8-6-17-4-3-14(8)9-5-10(18-2)13-7-12-9/h5,7-8H,3-4,6H2,1-2H3. The van der Waals surface area contributed by atoms with Crippen molar-refractivity contribution >= 4 is 23.5 Å². The lowest BCUT2D eigenvalue weighted by Crippen LogP contribution is -2.51. The minimum absolute atomic E-state index is 0.306. The zero-order valence-electron chi connectivity index (χ0n) is 10.3. The summed E-state index contributed by atoms with van der Waals surface area (Å²) in [6.45, 7) is 1.52. The van der Waals surface area contributed by atoms with E-state index in [-0.39, 0.29) is 5.97 Å². The summed E-state index contributed by atoms with van der Waals surface area (Å²) in [4.78, 5) is 21.9. The molecule has 1 unspecified atom stereocenters. The summed E-state index contributed by atoms with van der Waals surface area (Å²) >= 11 is 1.54. The molecule has 2 heterocycles. The summed E-state index contributed by atoms with van der Waals surface area (Å²) in [6, 6.07) is 1.43. The van der Waals surface area contributed by atoms with Crippen LogP contribution in [0, 0.1) is 0 Å². The van der Waals surface area contributed by atoms with Crippen molar-refractivity contribution in [2.24, 2.45) is 0 Å². The molecule has 2 rings (SSSR count). The number of rotatable bonds is 3. The van der Waals surface area contributed by atoms with E-state index < -0.39 is 6.04 Å². The molecule has 18 heavy (non-hydrogen) atoms. The van der Waals surface area contributed by atoms with Gasteiger partial charge in [-0.1, -0.05) is 0 Å². The van der Waals surface area contributed by atoms with Crippen molar-refractivity contribution in [2.75, 3.05) is 38.0 Å².